The van der Waals surface area contributed by atoms with Gasteiger partial charge in [-0.15, -0.1) is 0 Å². The van der Waals surface area contributed by atoms with Crippen molar-refractivity contribution < 1.29 is 28.6 Å². The molecule has 11 heteroatoms. The van der Waals surface area contributed by atoms with E-state index in [1.165, 1.54) is 18.2 Å². The molecule has 1 aromatic heterocycles. The van der Waals surface area contributed by atoms with Crippen molar-refractivity contribution >= 4 is 41.3 Å². The van der Waals surface area contributed by atoms with Gasteiger partial charge in [0.25, 0.3) is 5.91 Å². The van der Waals surface area contributed by atoms with E-state index in [1.54, 1.807) is 35.2 Å². The highest BCUT2D eigenvalue weighted by Crippen LogP contribution is 2.35. The Labute approximate surface area is 189 Å². The lowest BCUT2D eigenvalue weighted by atomic mass is 10.2. The molecule has 2 N–H and O–H groups in total. The number of nitrogens with zero attached hydrogens (tertiary/aromatic N) is 3. The molecule has 0 bridgehead atoms. The van der Waals surface area contributed by atoms with Crippen LogP contribution in [-0.2, 0) is 14.3 Å². The number of ether oxygens (including phenoxy) is 3. The zero-order chi connectivity index (χ0) is 23.1. The third-order valence-corrected chi connectivity index (χ3v) is 4.98. The number of nitrogens with two attached hydrogens (primary N) is 1. The van der Waals surface area contributed by atoms with Crippen LogP contribution in [0.4, 0.5) is 16.2 Å². The molecule has 0 saturated carbocycles. The summed E-state index contributed by atoms with van der Waals surface area (Å²) in [4.78, 5) is 40.7. The zero-order valence-corrected chi connectivity index (χ0v) is 18.2. The van der Waals surface area contributed by atoms with Crippen LogP contribution in [0.3, 0.4) is 0 Å². The van der Waals surface area contributed by atoms with Gasteiger partial charge in [0, 0.05) is 31.0 Å². The number of aromatic nitrogens is 1. The van der Waals surface area contributed by atoms with Crippen LogP contribution in [0.5, 0.6) is 5.75 Å². The Hall–Kier alpha value is -3.21. The summed E-state index contributed by atoms with van der Waals surface area (Å²) < 4.78 is 15.7. The molecule has 0 aliphatic carbocycles. The first-order valence-corrected chi connectivity index (χ1v) is 10.2. The average molecular weight is 463 g/mol. The van der Waals surface area contributed by atoms with Gasteiger partial charge in [-0.3, -0.25) is 19.5 Å². The summed E-state index contributed by atoms with van der Waals surface area (Å²) in [5.41, 5.74) is 7.26. The predicted octanol–water partition coefficient (Wildman–Crippen LogP) is 1.89. The molecular weight excluding hydrogens is 440 g/mol. The second-order valence-corrected chi connectivity index (χ2v) is 7.26. The molecule has 32 heavy (non-hydrogen) atoms. The maximum absolute atomic E-state index is 12.0. The number of carbonyl (C=O) groups excluding carboxylic acids is 3. The number of rotatable bonds is 5. The molecule has 4 rings (SSSR count). The summed E-state index contributed by atoms with van der Waals surface area (Å²) in [7, 11) is 1.52. The molecule has 0 spiro atoms. The Kier molecular flexibility index (Phi) is 7.98. The third-order valence-electron chi connectivity index (χ3n) is 4.76. The third kappa shape index (κ3) is 5.52. The summed E-state index contributed by atoms with van der Waals surface area (Å²) in [6.07, 6.45) is 1.34. The minimum Gasteiger partial charge on any atom is -0.494 e. The Bertz CT molecular complexity index is 971. The Balaban J connectivity index is 0.000000269. The minimum absolute atomic E-state index is 0.0701. The van der Waals surface area contributed by atoms with E-state index in [0.29, 0.717) is 53.8 Å². The van der Waals surface area contributed by atoms with Crippen LogP contribution in [-0.4, -0.2) is 69.3 Å². The lowest BCUT2D eigenvalue weighted by molar-refractivity contribution is -0.125. The van der Waals surface area contributed by atoms with Crippen molar-refractivity contribution in [2.75, 3.05) is 49.8 Å². The van der Waals surface area contributed by atoms with Crippen molar-refractivity contribution in [1.82, 2.24) is 4.98 Å². The van der Waals surface area contributed by atoms with E-state index in [2.05, 4.69) is 4.98 Å². The fourth-order valence-corrected chi connectivity index (χ4v) is 3.26. The standard InChI is InChI=1S/C15H19N3O5.C6H4ClNO/c1-21-13-6-10(17-4-5-22-9-14(17)19)2-3-12(13)18-8-11(7-16)23-15(18)20;7-5-1-2-6(4-9)8-3-5/h2-3,6,11H,4-5,7-9,16H2,1H3;1-4H. The van der Waals surface area contributed by atoms with E-state index in [1.807, 2.05) is 0 Å². The average Bonchev–Trinajstić information content (AvgIpc) is 3.20. The number of methoxy groups -OCH3 is 1. The zero-order valence-electron chi connectivity index (χ0n) is 17.4. The molecule has 2 saturated heterocycles. The van der Waals surface area contributed by atoms with Crippen molar-refractivity contribution in [2.45, 2.75) is 6.10 Å². The molecule has 1 atom stereocenters. The number of cyclic esters (lactones) is 1. The smallest absolute Gasteiger partial charge is 0.414 e. The highest BCUT2D eigenvalue weighted by molar-refractivity contribution is 6.30. The number of halogens is 1. The van der Waals surface area contributed by atoms with E-state index in [9.17, 15) is 14.4 Å². The van der Waals surface area contributed by atoms with Crippen molar-refractivity contribution in [1.29, 1.82) is 0 Å². The van der Waals surface area contributed by atoms with E-state index in [-0.39, 0.29) is 25.2 Å². The maximum Gasteiger partial charge on any atom is 0.414 e. The summed E-state index contributed by atoms with van der Waals surface area (Å²) >= 11 is 5.49. The Morgan fingerprint density at radius 2 is 2.09 bits per heavy atom. The number of benzene rings is 1. The predicted molar refractivity (Wildman–Crippen MR) is 117 cm³/mol. The van der Waals surface area contributed by atoms with Gasteiger partial charge in [0.1, 0.15) is 24.2 Å². The van der Waals surface area contributed by atoms with Gasteiger partial charge in [0.2, 0.25) is 0 Å². The van der Waals surface area contributed by atoms with Gasteiger partial charge < -0.3 is 24.8 Å². The quantitative estimate of drug-likeness (QED) is 0.668. The number of aldehydes is 1. The second kappa shape index (κ2) is 10.9. The number of amides is 2. The molecule has 2 amide bonds. The van der Waals surface area contributed by atoms with Crippen LogP contribution in [0.1, 0.15) is 10.5 Å². The molecule has 1 unspecified atom stereocenters. The van der Waals surface area contributed by atoms with Crippen LogP contribution in [0, 0.1) is 0 Å². The Morgan fingerprint density at radius 3 is 2.69 bits per heavy atom. The highest BCUT2D eigenvalue weighted by Gasteiger charge is 2.33. The maximum atomic E-state index is 12.0. The molecule has 3 heterocycles. The van der Waals surface area contributed by atoms with Crippen LogP contribution in [0.2, 0.25) is 5.02 Å². The van der Waals surface area contributed by atoms with Gasteiger partial charge in [-0.2, -0.15) is 0 Å². The Morgan fingerprint density at radius 1 is 1.28 bits per heavy atom. The minimum atomic E-state index is -0.450. The van der Waals surface area contributed by atoms with Gasteiger partial charge >= 0.3 is 6.09 Å². The number of pyridine rings is 1. The van der Waals surface area contributed by atoms with Crippen molar-refractivity contribution in [2.24, 2.45) is 5.73 Å². The first-order valence-electron chi connectivity index (χ1n) is 9.78. The molecule has 10 nitrogen and oxygen atoms in total. The molecule has 2 aromatic rings. The molecule has 170 valence electrons. The second-order valence-electron chi connectivity index (χ2n) is 6.83. The van der Waals surface area contributed by atoms with Crippen LogP contribution in [0.15, 0.2) is 36.5 Å². The summed E-state index contributed by atoms with van der Waals surface area (Å²) in [6, 6.07) is 8.45. The first kappa shape index (κ1) is 23.5. The van der Waals surface area contributed by atoms with E-state index < -0.39 is 6.09 Å². The fraction of sp³-hybridized carbons (Fsp3) is 0.333. The SMILES string of the molecule is COc1cc(N2CCOCC2=O)ccc1N1CC(CN)OC1=O.O=Cc1ccc(Cl)cn1. The molecule has 2 aliphatic heterocycles. The number of carbonyl (C=O) groups is 3. The number of hydrogen-bond donors (Lipinski definition) is 1. The fourth-order valence-electron chi connectivity index (χ4n) is 3.15. The molecule has 1 aromatic carbocycles. The van der Waals surface area contributed by atoms with Crippen LogP contribution in [0.25, 0.3) is 0 Å². The molecule has 0 radical (unpaired) electrons. The lowest BCUT2D eigenvalue weighted by Gasteiger charge is -2.28. The monoisotopic (exact) mass is 462 g/mol. The lowest BCUT2D eigenvalue weighted by Crippen LogP contribution is -2.41. The van der Waals surface area contributed by atoms with Crippen molar-refractivity contribution in [3.8, 4) is 5.75 Å². The number of anilines is 2. The van der Waals surface area contributed by atoms with Crippen molar-refractivity contribution in [3.05, 3.63) is 47.2 Å². The molecule has 2 aliphatic rings. The molecule has 2 fully saturated rings. The topological polar surface area (TPSA) is 124 Å². The van der Waals surface area contributed by atoms with E-state index in [4.69, 9.17) is 31.5 Å². The summed E-state index contributed by atoms with van der Waals surface area (Å²) in [5.74, 6) is 0.395. The normalized spacial score (nSPS) is 18.0. The van der Waals surface area contributed by atoms with E-state index >= 15 is 0 Å². The van der Waals surface area contributed by atoms with Gasteiger partial charge in [0.15, 0.2) is 6.29 Å². The first-order chi connectivity index (χ1) is 15.5. The van der Waals surface area contributed by atoms with Gasteiger partial charge in [-0.25, -0.2) is 4.79 Å². The summed E-state index contributed by atoms with van der Waals surface area (Å²) in [5, 5.41) is 0.542. The highest BCUT2D eigenvalue weighted by atomic mass is 35.5. The largest absolute Gasteiger partial charge is 0.494 e. The van der Waals surface area contributed by atoms with Crippen molar-refractivity contribution in [3.63, 3.8) is 0 Å². The van der Waals surface area contributed by atoms with Gasteiger partial charge in [0.05, 0.1) is 31.0 Å². The number of morpholine rings is 1. The van der Waals surface area contributed by atoms with E-state index in [0.717, 1.165) is 0 Å². The molecular formula is C21H23ClN4O6. The van der Waals surface area contributed by atoms with Crippen LogP contribution < -0.4 is 20.3 Å². The summed E-state index contributed by atoms with van der Waals surface area (Å²) in [6.45, 7) is 1.70. The van der Waals surface area contributed by atoms with Crippen LogP contribution >= 0.6 is 11.6 Å². The van der Waals surface area contributed by atoms with Gasteiger partial charge in [-0.05, 0) is 24.3 Å². The van der Waals surface area contributed by atoms with Gasteiger partial charge in [-0.1, -0.05) is 11.6 Å². The number of hydrogen-bond acceptors (Lipinski definition) is 8.